The maximum atomic E-state index is 12.9. The van der Waals surface area contributed by atoms with Crippen molar-refractivity contribution in [3.63, 3.8) is 0 Å². The topological polar surface area (TPSA) is 105 Å². The number of halogens is 1. The number of sulfonamides is 1. The van der Waals surface area contributed by atoms with E-state index in [1.807, 2.05) is 37.3 Å². The third-order valence-corrected chi connectivity index (χ3v) is 6.58. The molecule has 0 saturated heterocycles. The molecular weight excluding hydrogens is 436 g/mol. The van der Waals surface area contributed by atoms with Crippen LogP contribution >= 0.6 is 12.4 Å². The van der Waals surface area contributed by atoms with Crippen LogP contribution in [0.2, 0.25) is 0 Å². The molecule has 2 aromatic carbocycles. The number of aromatic nitrogens is 1. The van der Waals surface area contributed by atoms with E-state index in [4.69, 9.17) is 5.73 Å². The highest BCUT2D eigenvalue weighted by Gasteiger charge is 2.25. The Morgan fingerprint density at radius 3 is 2.48 bits per heavy atom. The number of benzene rings is 2. The number of fused-ring (bicyclic) bond motifs is 1. The zero-order chi connectivity index (χ0) is 21.7. The summed E-state index contributed by atoms with van der Waals surface area (Å²) >= 11 is 0. The third-order valence-electron chi connectivity index (χ3n) is 4.99. The molecule has 0 aliphatic heterocycles. The first-order chi connectivity index (χ1) is 14.3. The number of nitrogens with zero attached hydrogens (tertiary/aromatic N) is 2. The highest BCUT2D eigenvalue weighted by atomic mass is 35.5. The van der Waals surface area contributed by atoms with Crippen molar-refractivity contribution in [1.29, 1.82) is 0 Å². The first kappa shape index (κ1) is 24.7. The van der Waals surface area contributed by atoms with Gasteiger partial charge >= 0.3 is 0 Å². The Morgan fingerprint density at radius 2 is 1.81 bits per heavy atom. The van der Waals surface area contributed by atoms with Crippen molar-refractivity contribution in [2.45, 2.75) is 30.8 Å². The van der Waals surface area contributed by atoms with Crippen molar-refractivity contribution in [3.8, 4) is 0 Å². The Kier molecular flexibility index (Phi) is 8.52. The molecule has 9 heteroatoms. The van der Waals surface area contributed by atoms with Crippen LogP contribution in [0.4, 0.5) is 0 Å². The largest absolute Gasteiger partial charge is 0.333 e. The van der Waals surface area contributed by atoms with Gasteiger partial charge in [-0.1, -0.05) is 36.4 Å². The van der Waals surface area contributed by atoms with Crippen LogP contribution in [0.5, 0.6) is 0 Å². The van der Waals surface area contributed by atoms with E-state index in [2.05, 4.69) is 9.71 Å². The molecule has 31 heavy (non-hydrogen) atoms. The van der Waals surface area contributed by atoms with E-state index in [0.717, 1.165) is 16.3 Å². The van der Waals surface area contributed by atoms with E-state index in [1.54, 1.807) is 48.5 Å². The molecule has 3 aromatic rings. The summed E-state index contributed by atoms with van der Waals surface area (Å²) in [5.41, 5.74) is 6.56. The van der Waals surface area contributed by atoms with Gasteiger partial charge in [0, 0.05) is 30.4 Å². The molecule has 0 radical (unpaired) electrons. The Labute approximate surface area is 189 Å². The predicted octanol–water partition coefficient (Wildman–Crippen LogP) is 2.87. The Hall–Kier alpha value is -2.52. The van der Waals surface area contributed by atoms with Crippen LogP contribution in [-0.2, 0) is 14.8 Å². The summed E-state index contributed by atoms with van der Waals surface area (Å²) in [5, 5.41) is 1.65. The summed E-state index contributed by atoms with van der Waals surface area (Å²) in [6.07, 6.45) is 3.30. The van der Waals surface area contributed by atoms with E-state index in [0.29, 0.717) is 0 Å². The van der Waals surface area contributed by atoms with E-state index >= 15 is 0 Å². The summed E-state index contributed by atoms with van der Waals surface area (Å²) in [4.78, 5) is 18.3. The van der Waals surface area contributed by atoms with Crippen LogP contribution in [0, 0.1) is 0 Å². The lowest BCUT2D eigenvalue weighted by Crippen LogP contribution is -2.47. The van der Waals surface area contributed by atoms with Gasteiger partial charge in [0.05, 0.1) is 17.5 Å². The van der Waals surface area contributed by atoms with E-state index in [1.165, 1.54) is 0 Å². The minimum absolute atomic E-state index is 0. The van der Waals surface area contributed by atoms with Crippen LogP contribution in [0.1, 0.15) is 25.5 Å². The highest BCUT2D eigenvalue weighted by Crippen LogP contribution is 2.21. The van der Waals surface area contributed by atoms with Gasteiger partial charge in [-0.25, -0.2) is 13.1 Å². The van der Waals surface area contributed by atoms with Crippen molar-refractivity contribution in [2.24, 2.45) is 5.73 Å². The lowest BCUT2D eigenvalue weighted by atomic mass is 10.1. The van der Waals surface area contributed by atoms with Gasteiger partial charge in [-0.15, -0.1) is 12.4 Å². The molecule has 7 nitrogen and oxygen atoms in total. The number of carbonyl (C=O) groups is 1. The highest BCUT2D eigenvalue weighted by molar-refractivity contribution is 7.89. The summed E-state index contributed by atoms with van der Waals surface area (Å²) < 4.78 is 28.5. The molecule has 0 fully saturated rings. The second-order valence-corrected chi connectivity index (χ2v) is 8.96. The summed E-state index contributed by atoms with van der Waals surface area (Å²) in [6, 6.07) is 15.5. The first-order valence-electron chi connectivity index (χ1n) is 9.72. The van der Waals surface area contributed by atoms with Gasteiger partial charge in [0.1, 0.15) is 0 Å². The quantitative estimate of drug-likeness (QED) is 0.535. The van der Waals surface area contributed by atoms with Crippen LogP contribution in [-0.4, -0.2) is 43.3 Å². The van der Waals surface area contributed by atoms with E-state index in [9.17, 15) is 13.2 Å². The number of pyridine rings is 1. The first-order valence-corrected chi connectivity index (χ1v) is 11.2. The fraction of sp³-hybridized carbons (Fsp3) is 0.273. The van der Waals surface area contributed by atoms with Crippen molar-refractivity contribution in [3.05, 3.63) is 72.6 Å². The molecule has 2 atom stereocenters. The molecule has 2 unspecified atom stereocenters. The van der Waals surface area contributed by atoms with Crippen LogP contribution in [0.3, 0.4) is 0 Å². The van der Waals surface area contributed by atoms with E-state index < -0.39 is 16.1 Å². The molecule has 1 aromatic heterocycles. The van der Waals surface area contributed by atoms with Crippen molar-refractivity contribution in [2.75, 3.05) is 13.1 Å². The van der Waals surface area contributed by atoms with Gasteiger partial charge in [-0.2, -0.15) is 0 Å². The molecule has 3 rings (SSSR count). The maximum absolute atomic E-state index is 12.9. The van der Waals surface area contributed by atoms with Crippen molar-refractivity contribution < 1.29 is 13.2 Å². The number of nitrogens with two attached hydrogens (primary N) is 1. The second-order valence-electron chi connectivity index (χ2n) is 7.24. The maximum Gasteiger partial charge on any atom is 0.240 e. The number of rotatable bonds is 8. The molecule has 0 saturated carbocycles. The number of nitrogens with one attached hydrogen (secondary N) is 1. The summed E-state index contributed by atoms with van der Waals surface area (Å²) in [5.74, 6) is -0.240. The summed E-state index contributed by atoms with van der Waals surface area (Å²) in [6.45, 7) is 3.69. The molecule has 166 valence electrons. The number of hydrogen-bond acceptors (Lipinski definition) is 5. The van der Waals surface area contributed by atoms with Crippen LogP contribution in [0.15, 0.2) is 71.9 Å². The summed E-state index contributed by atoms with van der Waals surface area (Å²) in [7, 11) is -3.76. The van der Waals surface area contributed by atoms with Gasteiger partial charge in [-0.3, -0.25) is 9.78 Å². The molecule has 0 spiro atoms. The van der Waals surface area contributed by atoms with Crippen LogP contribution in [0.25, 0.3) is 10.8 Å². The van der Waals surface area contributed by atoms with Gasteiger partial charge in [0.15, 0.2) is 0 Å². The molecule has 1 heterocycles. The fourth-order valence-electron chi connectivity index (χ4n) is 3.40. The zero-order valence-corrected chi connectivity index (χ0v) is 19.1. The minimum Gasteiger partial charge on any atom is -0.333 e. The molecule has 0 bridgehead atoms. The molecule has 1 amide bonds. The standard InChI is InChI=1S/C22H26N4O3S.ClH/c1-16(15-26(22(27)13-23)17(2)18-6-4-3-5-7-18)25-30(28,29)21-9-8-20-14-24-11-10-19(20)12-21;/h3-12,14,16-17,25H,13,15,23H2,1-2H3;1H. The van der Waals surface area contributed by atoms with Gasteiger partial charge in [0.2, 0.25) is 15.9 Å². The lowest BCUT2D eigenvalue weighted by Gasteiger charge is -2.32. The van der Waals surface area contributed by atoms with Gasteiger partial charge in [0.25, 0.3) is 0 Å². The van der Waals surface area contributed by atoms with Crippen molar-refractivity contribution >= 4 is 39.1 Å². The monoisotopic (exact) mass is 462 g/mol. The van der Waals surface area contributed by atoms with Crippen molar-refractivity contribution in [1.82, 2.24) is 14.6 Å². The van der Waals surface area contributed by atoms with Crippen LogP contribution < -0.4 is 10.5 Å². The second kappa shape index (κ2) is 10.7. The van der Waals surface area contributed by atoms with E-state index in [-0.39, 0.29) is 42.3 Å². The minimum atomic E-state index is -3.76. The zero-order valence-electron chi connectivity index (χ0n) is 17.4. The average molecular weight is 463 g/mol. The number of hydrogen-bond donors (Lipinski definition) is 2. The number of carbonyl (C=O) groups excluding carboxylic acids is 1. The smallest absolute Gasteiger partial charge is 0.240 e. The Morgan fingerprint density at radius 1 is 1.10 bits per heavy atom. The molecule has 0 aliphatic carbocycles. The Balaban J connectivity index is 0.00000341. The third kappa shape index (κ3) is 6.01. The molecule has 3 N–H and O–H groups in total. The predicted molar refractivity (Wildman–Crippen MR) is 124 cm³/mol. The average Bonchev–Trinajstić information content (AvgIpc) is 2.76. The van der Waals surface area contributed by atoms with Gasteiger partial charge in [-0.05, 0) is 43.0 Å². The SMILES string of the molecule is CC(CN(C(=O)CN)C(C)c1ccccc1)NS(=O)(=O)c1ccc2cnccc2c1.Cl. The molecule has 0 aliphatic rings. The fourth-order valence-corrected chi connectivity index (χ4v) is 4.67. The lowest BCUT2D eigenvalue weighted by molar-refractivity contribution is -0.132. The normalized spacial score (nSPS) is 13.3. The Bertz CT molecular complexity index is 1130. The molecular formula is C22H27ClN4O3S. The number of amides is 1. The van der Waals surface area contributed by atoms with Gasteiger partial charge < -0.3 is 10.6 Å².